The molecular weight excluding hydrogens is 140 g/mol. The lowest BCUT2D eigenvalue weighted by molar-refractivity contribution is -0.0786. The maximum absolute atomic E-state index is 9.05. The van der Waals surface area contributed by atoms with E-state index in [1.807, 2.05) is 13.8 Å². The molecule has 1 aliphatic heterocycles. The van der Waals surface area contributed by atoms with Gasteiger partial charge in [-0.2, -0.15) is 0 Å². The van der Waals surface area contributed by atoms with Gasteiger partial charge in [-0.25, -0.2) is 0 Å². The Morgan fingerprint density at radius 1 is 1.36 bits per heavy atom. The lowest BCUT2D eigenvalue weighted by atomic mass is 9.88. The molecule has 0 aromatic carbocycles. The minimum absolute atomic E-state index is 0.0586. The van der Waals surface area contributed by atoms with Gasteiger partial charge in [-0.1, -0.05) is 0 Å². The van der Waals surface area contributed by atoms with Gasteiger partial charge in [0, 0.05) is 12.5 Å². The molecule has 11 heavy (non-hydrogen) atoms. The van der Waals surface area contributed by atoms with Crippen LogP contribution in [0.15, 0.2) is 0 Å². The van der Waals surface area contributed by atoms with Crippen LogP contribution in [0.1, 0.15) is 34.1 Å². The van der Waals surface area contributed by atoms with Gasteiger partial charge >= 0.3 is 0 Å². The van der Waals surface area contributed by atoms with Crippen LogP contribution in [-0.4, -0.2) is 22.9 Å². The summed E-state index contributed by atoms with van der Waals surface area (Å²) in [5.74, 6) is 0.289. The molecule has 2 nitrogen and oxygen atoms in total. The Kier molecular flexibility index (Phi) is 2.01. The SMILES string of the molecule is CC1(C)C[C@@H](CO)C(C)(C)O1. The standard InChI is InChI=1S/C9H18O2/c1-8(2)5-7(6-10)9(3,4)11-8/h7,10H,5-6H2,1-4H3/t7-/m0/s1. The summed E-state index contributed by atoms with van der Waals surface area (Å²) < 4.78 is 5.78. The second-order valence-corrected chi connectivity index (χ2v) is 4.55. The Morgan fingerprint density at radius 2 is 1.91 bits per heavy atom. The van der Waals surface area contributed by atoms with E-state index in [0.29, 0.717) is 0 Å². The number of hydrogen-bond donors (Lipinski definition) is 1. The van der Waals surface area contributed by atoms with E-state index in [1.54, 1.807) is 0 Å². The van der Waals surface area contributed by atoms with Gasteiger partial charge < -0.3 is 9.84 Å². The Labute approximate surface area is 68.6 Å². The van der Waals surface area contributed by atoms with E-state index in [4.69, 9.17) is 9.84 Å². The molecule has 1 aliphatic rings. The minimum atomic E-state index is -0.155. The Morgan fingerprint density at radius 3 is 2.09 bits per heavy atom. The molecule has 0 aromatic rings. The number of rotatable bonds is 1. The third kappa shape index (κ3) is 1.74. The van der Waals surface area contributed by atoms with Crippen molar-refractivity contribution in [2.24, 2.45) is 5.92 Å². The molecule has 0 aliphatic carbocycles. The van der Waals surface area contributed by atoms with Crippen molar-refractivity contribution in [2.45, 2.75) is 45.3 Å². The van der Waals surface area contributed by atoms with Crippen LogP contribution in [-0.2, 0) is 4.74 Å². The van der Waals surface area contributed by atoms with E-state index in [0.717, 1.165) is 6.42 Å². The Bertz CT molecular complexity index is 150. The fourth-order valence-corrected chi connectivity index (χ4v) is 1.96. The largest absolute Gasteiger partial charge is 0.396 e. The first-order valence-corrected chi connectivity index (χ1v) is 4.18. The van der Waals surface area contributed by atoms with Crippen molar-refractivity contribution in [3.8, 4) is 0 Å². The smallest absolute Gasteiger partial charge is 0.0684 e. The van der Waals surface area contributed by atoms with Crippen LogP contribution in [0.5, 0.6) is 0 Å². The summed E-state index contributed by atoms with van der Waals surface area (Å²) >= 11 is 0. The van der Waals surface area contributed by atoms with E-state index in [1.165, 1.54) is 0 Å². The molecule has 1 fully saturated rings. The molecule has 0 spiro atoms. The van der Waals surface area contributed by atoms with Gasteiger partial charge in [0.05, 0.1) is 11.2 Å². The monoisotopic (exact) mass is 158 g/mol. The minimum Gasteiger partial charge on any atom is -0.396 e. The van der Waals surface area contributed by atoms with E-state index in [9.17, 15) is 0 Å². The molecular formula is C9H18O2. The number of aliphatic hydroxyl groups excluding tert-OH is 1. The van der Waals surface area contributed by atoms with Gasteiger partial charge in [0.1, 0.15) is 0 Å². The van der Waals surface area contributed by atoms with E-state index >= 15 is 0 Å². The Hall–Kier alpha value is -0.0800. The molecule has 0 radical (unpaired) electrons. The zero-order valence-electron chi connectivity index (χ0n) is 7.85. The average Bonchev–Trinajstić information content (AvgIpc) is 1.99. The molecule has 0 aromatic heterocycles. The van der Waals surface area contributed by atoms with E-state index in [-0.39, 0.29) is 23.7 Å². The van der Waals surface area contributed by atoms with Gasteiger partial charge in [-0.3, -0.25) is 0 Å². The molecule has 0 saturated carbocycles. The Balaban J connectivity index is 2.71. The summed E-state index contributed by atoms with van der Waals surface area (Å²) in [5.41, 5.74) is -0.213. The van der Waals surface area contributed by atoms with Crippen molar-refractivity contribution in [1.82, 2.24) is 0 Å². The second kappa shape index (κ2) is 2.46. The summed E-state index contributed by atoms with van der Waals surface area (Å²) in [7, 11) is 0. The summed E-state index contributed by atoms with van der Waals surface area (Å²) in [6.07, 6.45) is 0.955. The topological polar surface area (TPSA) is 29.5 Å². The lowest BCUT2D eigenvalue weighted by Gasteiger charge is -2.26. The van der Waals surface area contributed by atoms with Gasteiger partial charge in [-0.05, 0) is 34.1 Å². The molecule has 1 rings (SSSR count). The number of aliphatic hydroxyl groups is 1. The third-order valence-electron chi connectivity index (χ3n) is 2.48. The predicted octanol–water partition coefficient (Wildman–Crippen LogP) is 1.57. The summed E-state index contributed by atoms with van der Waals surface area (Å²) in [6, 6.07) is 0. The molecule has 0 bridgehead atoms. The van der Waals surface area contributed by atoms with Gasteiger partial charge in [-0.15, -0.1) is 0 Å². The van der Waals surface area contributed by atoms with Crippen LogP contribution in [0.4, 0.5) is 0 Å². The first kappa shape index (κ1) is 9.01. The lowest BCUT2D eigenvalue weighted by Crippen LogP contribution is -2.30. The highest BCUT2D eigenvalue weighted by Gasteiger charge is 2.45. The zero-order chi connectivity index (χ0) is 8.70. The molecule has 1 atom stereocenters. The zero-order valence-corrected chi connectivity index (χ0v) is 7.85. The average molecular weight is 158 g/mol. The first-order chi connectivity index (χ1) is 4.87. The number of ether oxygens (including phenoxy) is 1. The second-order valence-electron chi connectivity index (χ2n) is 4.55. The van der Waals surface area contributed by atoms with Crippen LogP contribution in [0.3, 0.4) is 0 Å². The summed E-state index contributed by atoms with van der Waals surface area (Å²) in [5, 5.41) is 9.05. The highest BCUT2D eigenvalue weighted by molar-refractivity contribution is 4.93. The summed E-state index contributed by atoms with van der Waals surface area (Å²) in [4.78, 5) is 0. The van der Waals surface area contributed by atoms with Crippen LogP contribution in [0, 0.1) is 5.92 Å². The molecule has 1 heterocycles. The predicted molar refractivity (Wildman–Crippen MR) is 44.4 cm³/mol. The van der Waals surface area contributed by atoms with Crippen LogP contribution < -0.4 is 0 Å². The highest BCUT2D eigenvalue weighted by atomic mass is 16.5. The van der Waals surface area contributed by atoms with Crippen LogP contribution in [0.2, 0.25) is 0 Å². The van der Waals surface area contributed by atoms with Crippen molar-refractivity contribution < 1.29 is 9.84 Å². The highest BCUT2D eigenvalue weighted by Crippen LogP contribution is 2.41. The third-order valence-corrected chi connectivity index (χ3v) is 2.48. The van der Waals surface area contributed by atoms with E-state index < -0.39 is 0 Å². The normalized spacial score (nSPS) is 34.1. The molecule has 1 N–H and O–H groups in total. The molecule has 0 unspecified atom stereocenters. The van der Waals surface area contributed by atoms with Crippen LogP contribution >= 0.6 is 0 Å². The molecule has 2 heteroatoms. The van der Waals surface area contributed by atoms with Crippen molar-refractivity contribution in [3.63, 3.8) is 0 Å². The maximum Gasteiger partial charge on any atom is 0.0684 e. The summed E-state index contributed by atoms with van der Waals surface area (Å²) in [6.45, 7) is 8.47. The van der Waals surface area contributed by atoms with E-state index in [2.05, 4.69) is 13.8 Å². The fraction of sp³-hybridized carbons (Fsp3) is 1.00. The van der Waals surface area contributed by atoms with Crippen molar-refractivity contribution in [1.29, 1.82) is 0 Å². The molecule has 0 amide bonds. The maximum atomic E-state index is 9.05. The van der Waals surface area contributed by atoms with Crippen LogP contribution in [0.25, 0.3) is 0 Å². The van der Waals surface area contributed by atoms with Crippen molar-refractivity contribution in [2.75, 3.05) is 6.61 Å². The van der Waals surface area contributed by atoms with Crippen molar-refractivity contribution >= 4 is 0 Å². The molecule has 66 valence electrons. The van der Waals surface area contributed by atoms with Crippen molar-refractivity contribution in [3.05, 3.63) is 0 Å². The molecule has 1 saturated heterocycles. The fourth-order valence-electron chi connectivity index (χ4n) is 1.96. The quantitative estimate of drug-likeness (QED) is 0.627. The number of hydrogen-bond acceptors (Lipinski definition) is 2. The van der Waals surface area contributed by atoms with Gasteiger partial charge in [0.25, 0.3) is 0 Å². The van der Waals surface area contributed by atoms with Gasteiger partial charge in [0.2, 0.25) is 0 Å². The first-order valence-electron chi connectivity index (χ1n) is 4.18. The van der Waals surface area contributed by atoms with Gasteiger partial charge in [0.15, 0.2) is 0 Å².